The summed E-state index contributed by atoms with van der Waals surface area (Å²) in [6, 6.07) is 5.33. The van der Waals surface area contributed by atoms with E-state index in [1.807, 2.05) is 32.0 Å². The number of alkyl halides is 1. The molecule has 8 nitrogen and oxygen atoms in total. The zero-order valence-corrected chi connectivity index (χ0v) is 26.5. The standard InChI is InChI=1S/C22H27BrN4O3S.C3H5F.C2H6O.C2H6/c1-24-20(28)17(10-14-4-2-3-5-14)26-21(29)19-7-6-16(31-19)13-27-8-9-30-22-18(27)11-15(23)12-25-22;4-3-1-2-3;1-2-3;1-2/h6-7,11-12,14,17H,2-5,8-10,13H2,1H3,(H,24,28)(H,26,29);3H,1-2H2;3H,2H2,1H3;1-2H3. The van der Waals surface area contributed by atoms with Crippen LogP contribution in [0.3, 0.4) is 0 Å². The molecular formula is C29H44BrFN4O4S. The van der Waals surface area contributed by atoms with Crippen LogP contribution in [-0.2, 0) is 11.3 Å². The van der Waals surface area contributed by atoms with Crippen LogP contribution in [0.2, 0.25) is 0 Å². The minimum Gasteiger partial charge on any atom is -0.474 e. The Balaban J connectivity index is 0.000000542. The van der Waals surface area contributed by atoms with Crippen LogP contribution in [0.25, 0.3) is 0 Å². The second-order valence-electron chi connectivity index (χ2n) is 9.53. The first-order chi connectivity index (χ1) is 19.3. The Morgan fingerprint density at radius 2 is 1.90 bits per heavy atom. The summed E-state index contributed by atoms with van der Waals surface area (Å²) >= 11 is 4.93. The van der Waals surface area contributed by atoms with Crippen molar-refractivity contribution < 1.29 is 23.8 Å². The zero-order chi connectivity index (χ0) is 29.5. The van der Waals surface area contributed by atoms with E-state index in [1.165, 1.54) is 24.2 Å². The third-order valence-corrected chi connectivity index (χ3v) is 7.89. The molecule has 1 unspecified atom stereocenters. The summed E-state index contributed by atoms with van der Waals surface area (Å²) in [5, 5.41) is 13.2. The van der Waals surface area contributed by atoms with E-state index < -0.39 is 12.2 Å². The van der Waals surface area contributed by atoms with Gasteiger partial charge in [0.2, 0.25) is 11.8 Å². The minimum absolute atomic E-state index is 0.125. The molecule has 40 heavy (non-hydrogen) atoms. The summed E-state index contributed by atoms with van der Waals surface area (Å²) in [4.78, 5) is 33.4. The molecule has 2 aromatic rings. The van der Waals surface area contributed by atoms with E-state index in [0.717, 1.165) is 47.3 Å². The Morgan fingerprint density at radius 3 is 2.50 bits per heavy atom. The third kappa shape index (κ3) is 11.3. The van der Waals surface area contributed by atoms with Gasteiger partial charge in [0.05, 0.1) is 18.0 Å². The summed E-state index contributed by atoms with van der Waals surface area (Å²) in [6.07, 6.45) is 8.35. The van der Waals surface area contributed by atoms with Crippen molar-refractivity contribution in [2.24, 2.45) is 5.92 Å². The maximum atomic E-state index is 12.9. The lowest BCUT2D eigenvalue weighted by molar-refractivity contribution is -0.122. The average molecular weight is 644 g/mol. The third-order valence-electron chi connectivity index (χ3n) is 6.39. The number of aromatic nitrogens is 1. The van der Waals surface area contributed by atoms with E-state index >= 15 is 0 Å². The largest absolute Gasteiger partial charge is 0.474 e. The molecule has 1 atom stereocenters. The maximum absolute atomic E-state index is 12.9. The van der Waals surface area contributed by atoms with Crippen molar-refractivity contribution in [3.05, 3.63) is 38.6 Å². The molecule has 2 saturated carbocycles. The highest BCUT2D eigenvalue weighted by Gasteiger charge is 2.27. The van der Waals surface area contributed by atoms with Crippen LogP contribution in [0, 0.1) is 5.92 Å². The van der Waals surface area contributed by atoms with E-state index in [9.17, 15) is 14.0 Å². The number of ether oxygens (including phenoxy) is 1. The van der Waals surface area contributed by atoms with Gasteiger partial charge in [-0.25, -0.2) is 9.37 Å². The highest BCUT2D eigenvalue weighted by Crippen LogP contribution is 2.34. The number of hydrogen-bond acceptors (Lipinski definition) is 7. The molecule has 2 fully saturated rings. The summed E-state index contributed by atoms with van der Waals surface area (Å²) in [5.74, 6) is 0.829. The number of nitrogens with one attached hydrogen (secondary N) is 2. The predicted molar refractivity (Wildman–Crippen MR) is 163 cm³/mol. The molecule has 2 aliphatic carbocycles. The monoisotopic (exact) mass is 642 g/mol. The Kier molecular flexibility index (Phi) is 15.5. The Hall–Kier alpha value is -2.24. The van der Waals surface area contributed by atoms with Crippen molar-refractivity contribution >= 4 is 44.8 Å². The van der Waals surface area contributed by atoms with Crippen molar-refractivity contribution in [3.8, 4) is 5.88 Å². The molecule has 224 valence electrons. The topological polar surface area (TPSA) is 104 Å². The SMILES string of the molecule is CC.CCO.CNC(=O)C(CC1CCCC1)NC(=O)c1ccc(CN2CCOc3ncc(Br)cc32)s1.FC1CC1. The van der Waals surface area contributed by atoms with Gasteiger partial charge in [0.15, 0.2) is 0 Å². The predicted octanol–water partition coefficient (Wildman–Crippen LogP) is 5.87. The fraction of sp³-hybridized carbons (Fsp3) is 0.621. The fourth-order valence-corrected chi connectivity index (χ4v) is 5.59. The van der Waals surface area contributed by atoms with Gasteiger partial charge >= 0.3 is 0 Å². The van der Waals surface area contributed by atoms with Crippen molar-refractivity contribution in [1.29, 1.82) is 0 Å². The van der Waals surface area contributed by atoms with Crippen LogP contribution in [0.4, 0.5) is 10.1 Å². The summed E-state index contributed by atoms with van der Waals surface area (Å²) in [5.41, 5.74) is 0.941. The smallest absolute Gasteiger partial charge is 0.262 e. The summed E-state index contributed by atoms with van der Waals surface area (Å²) < 4.78 is 17.7. The highest BCUT2D eigenvalue weighted by atomic mass is 79.9. The number of amides is 2. The van der Waals surface area contributed by atoms with Crippen LogP contribution >= 0.6 is 27.3 Å². The van der Waals surface area contributed by atoms with Gasteiger partial charge in [0, 0.05) is 29.2 Å². The van der Waals surface area contributed by atoms with Gasteiger partial charge < -0.3 is 25.4 Å². The number of aliphatic hydroxyl groups excluding tert-OH is 1. The van der Waals surface area contributed by atoms with Gasteiger partial charge in [0.1, 0.15) is 24.5 Å². The number of aliphatic hydroxyl groups is 1. The first-order valence-electron chi connectivity index (χ1n) is 14.2. The molecule has 2 amide bonds. The maximum Gasteiger partial charge on any atom is 0.262 e. The van der Waals surface area contributed by atoms with Crippen molar-refractivity contribution in [2.45, 2.75) is 84.5 Å². The zero-order valence-electron chi connectivity index (χ0n) is 24.1. The first-order valence-corrected chi connectivity index (χ1v) is 15.8. The minimum atomic E-state index is -0.485. The Bertz CT molecular complexity index is 1050. The second-order valence-corrected chi connectivity index (χ2v) is 11.6. The van der Waals surface area contributed by atoms with Crippen molar-refractivity contribution in [2.75, 3.05) is 31.7 Å². The van der Waals surface area contributed by atoms with Gasteiger partial charge in [-0.1, -0.05) is 39.5 Å². The van der Waals surface area contributed by atoms with Gasteiger partial charge in [0.25, 0.3) is 5.91 Å². The quantitative estimate of drug-likeness (QED) is 0.349. The second kappa shape index (κ2) is 18.2. The molecule has 1 aliphatic heterocycles. The molecule has 11 heteroatoms. The number of nitrogens with zero attached hydrogens (tertiary/aromatic N) is 2. The average Bonchev–Trinajstić information content (AvgIpc) is 3.37. The van der Waals surface area contributed by atoms with Crippen molar-refractivity contribution in [1.82, 2.24) is 15.6 Å². The number of carbonyl (C=O) groups excluding carboxylic acids is 2. The molecule has 3 heterocycles. The van der Waals surface area contributed by atoms with E-state index in [1.54, 1.807) is 20.2 Å². The van der Waals surface area contributed by atoms with E-state index in [0.29, 0.717) is 36.2 Å². The number of rotatable bonds is 7. The molecular weight excluding hydrogens is 599 g/mol. The lowest BCUT2D eigenvalue weighted by atomic mass is 9.98. The molecule has 0 spiro atoms. The molecule has 0 bridgehead atoms. The van der Waals surface area contributed by atoms with Crippen LogP contribution in [-0.4, -0.2) is 60.9 Å². The summed E-state index contributed by atoms with van der Waals surface area (Å²) in [6.45, 7) is 7.94. The molecule has 5 rings (SSSR count). The van der Waals surface area contributed by atoms with E-state index in [2.05, 4.69) is 36.4 Å². The van der Waals surface area contributed by atoms with Gasteiger partial charge in [-0.05, 0) is 66.2 Å². The number of carbonyl (C=O) groups is 2. The summed E-state index contributed by atoms with van der Waals surface area (Å²) in [7, 11) is 1.62. The van der Waals surface area contributed by atoms with E-state index in [-0.39, 0.29) is 18.4 Å². The normalized spacial score (nSPS) is 16.4. The molecule has 0 saturated heterocycles. The van der Waals surface area contributed by atoms with Gasteiger partial charge in [-0.15, -0.1) is 11.3 Å². The molecule has 0 radical (unpaired) electrons. The Labute approximate surface area is 250 Å². The molecule has 3 N–H and O–H groups in total. The molecule has 2 aromatic heterocycles. The van der Waals surface area contributed by atoms with Crippen LogP contribution in [0.1, 0.15) is 80.3 Å². The first kappa shape index (κ1) is 34.0. The van der Waals surface area contributed by atoms with E-state index in [4.69, 9.17) is 9.84 Å². The fourth-order valence-electron chi connectivity index (χ4n) is 4.34. The van der Waals surface area contributed by atoms with Crippen LogP contribution in [0.15, 0.2) is 28.9 Å². The Morgan fingerprint density at radius 1 is 1.25 bits per heavy atom. The number of anilines is 1. The van der Waals surface area contributed by atoms with Crippen LogP contribution < -0.4 is 20.3 Å². The van der Waals surface area contributed by atoms with Crippen molar-refractivity contribution in [3.63, 3.8) is 0 Å². The number of halogens is 2. The number of likely N-dealkylation sites (N-methyl/N-ethyl adjacent to an activating group) is 1. The lowest BCUT2D eigenvalue weighted by Gasteiger charge is -2.30. The van der Waals surface area contributed by atoms with Gasteiger partial charge in [-0.3, -0.25) is 9.59 Å². The molecule has 3 aliphatic rings. The molecule has 0 aromatic carbocycles. The number of thiophene rings is 1. The number of hydrogen-bond donors (Lipinski definition) is 3. The lowest BCUT2D eigenvalue weighted by Crippen LogP contribution is -2.46. The number of fused-ring (bicyclic) bond motifs is 1. The van der Waals surface area contributed by atoms with Gasteiger partial charge in [-0.2, -0.15) is 0 Å². The van der Waals surface area contributed by atoms with Crippen LogP contribution in [0.5, 0.6) is 5.88 Å². The number of pyridine rings is 1. The highest BCUT2D eigenvalue weighted by molar-refractivity contribution is 9.10.